The molecule has 2 aromatic rings. The highest BCUT2D eigenvalue weighted by Crippen LogP contribution is 2.44. The second-order valence-electron chi connectivity index (χ2n) is 7.92. The number of likely N-dealkylation sites (tertiary alicyclic amines) is 1. The summed E-state index contributed by atoms with van der Waals surface area (Å²) in [6.45, 7) is 3.80. The third kappa shape index (κ3) is 3.82. The Morgan fingerprint density at radius 1 is 1.21 bits per heavy atom. The molecule has 0 saturated carbocycles. The summed E-state index contributed by atoms with van der Waals surface area (Å²) in [6.07, 6.45) is 1.50. The van der Waals surface area contributed by atoms with Gasteiger partial charge in [-0.25, -0.2) is 0 Å². The highest BCUT2D eigenvalue weighted by atomic mass is 16.5. The molecule has 4 rings (SSSR count). The Balaban J connectivity index is 1.62. The Bertz CT molecular complexity index is 953. The summed E-state index contributed by atoms with van der Waals surface area (Å²) in [5.74, 6) is 0.105. The molecular weight excluding hydrogens is 368 g/mol. The van der Waals surface area contributed by atoms with Crippen LogP contribution in [-0.2, 0) is 24.2 Å². The lowest BCUT2D eigenvalue weighted by atomic mass is 10.0. The van der Waals surface area contributed by atoms with Crippen molar-refractivity contribution in [3.05, 3.63) is 58.1 Å². The minimum absolute atomic E-state index is 0.00157. The third-order valence-electron chi connectivity index (χ3n) is 6.11. The number of benzene rings is 2. The van der Waals surface area contributed by atoms with E-state index in [0.717, 1.165) is 41.6 Å². The van der Waals surface area contributed by atoms with E-state index in [1.807, 2.05) is 12.1 Å². The number of rotatable bonds is 5. The molecule has 0 spiro atoms. The van der Waals surface area contributed by atoms with Crippen LogP contribution in [0.15, 0.2) is 30.3 Å². The van der Waals surface area contributed by atoms with Crippen LogP contribution >= 0.6 is 0 Å². The lowest BCUT2D eigenvalue weighted by Crippen LogP contribution is -2.38. The van der Waals surface area contributed by atoms with Gasteiger partial charge in [-0.2, -0.15) is 5.26 Å². The van der Waals surface area contributed by atoms with Crippen LogP contribution in [0, 0.1) is 11.3 Å². The van der Waals surface area contributed by atoms with Crippen molar-refractivity contribution in [1.29, 1.82) is 5.26 Å². The van der Waals surface area contributed by atoms with Crippen LogP contribution in [0.25, 0.3) is 0 Å². The fraction of sp³-hybridized carbons (Fsp3) is 0.435. The van der Waals surface area contributed by atoms with E-state index in [1.165, 1.54) is 6.07 Å². The first kappa shape index (κ1) is 19.7. The number of phenolic OH excluding ortho intramolecular Hbond substituents is 2. The van der Waals surface area contributed by atoms with Gasteiger partial charge in [-0.1, -0.05) is 13.0 Å². The van der Waals surface area contributed by atoms with Gasteiger partial charge in [0.1, 0.15) is 11.5 Å². The Hall–Kier alpha value is -2.59. The summed E-state index contributed by atoms with van der Waals surface area (Å²) in [4.78, 5) is 2.21. The minimum atomic E-state index is -0.341. The van der Waals surface area contributed by atoms with Gasteiger partial charge < -0.3 is 20.1 Å². The van der Waals surface area contributed by atoms with Crippen molar-refractivity contribution in [3.63, 3.8) is 0 Å². The van der Waals surface area contributed by atoms with Crippen molar-refractivity contribution in [2.75, 3.05) is 13.1 Å². The smallest absolute Gasteiger partial charge is 0.122 e. The van der Waals surface area contributed by atoms with Crippen molar-refractivity contribution >= 4 is 0 Å². The molecule has 2 aliphatic rings. The second-order valence-corrected chi connectivity index (χ2v) is 7.92. The zero-order valence-electron chi connectivity index (χ0n) is 16.5. The average molecular weight is 394 g/mol. The topological polar surface area (TPSA) is 97.0 Å². The number of aliphatic hydroxyl groups is 1. The Morgan fingerprint density at radius 2 is 2.03 bits per heavy atom. The molecule has 1 saturated heterocycles. The normalized spacial score (nSPS) is 23.8. The molecule has 0 unspecified atom stereocenters. The molecule has 1 aliphatic heterocycles. The van der Waals surface area contributed by atoms with Gasteiger partial charge in [-0.05, 0) is 54.2 Å². The number of fused-ring (bicyclic) bond motifs is 1. The zero-order valence-corrected chi connectivity index (χ0v) is 16.5. The predicted molar refractivity (Wildman–Crippen MR) is 108 cm³/mol. The fourth-order valence-corrected chi connectivity index (χ4v) is 4.60. The van der Waals surface area contributed by atoms with E-state index < -0.39 is 0 Å². The first-order chi connectivity index (χ1) is 14.0. The van der Waals surface area contributed by atoms with Crippen LogP contribution in [0.5, 0.6) is 11.5 Å². The largest absolute Gasteiger partial charge is 0.508 e. The molecule has 0 amide bonds. The van der Waals surface area contributed by atoms with Gasteiger partial charge in [0.05, 0.1) is 30.4 Å². The third-order valence-corrected chi connectivity index (χ3v) is 6.11. The molecular formula is C23H26N2O4. The van der Waals surface area contributed by atoms with Crippen LogP contribution in [0.4, 0.5) is 0 Å². The van der Waals surface area contributed by atoms with Crippen molar-refractivity contribution in [3.8, 4) is 17.6 Å². The number of hydrogen-bond acceptors (Lipinski definition) is 6. The molecule has 0 radical (unpaired) electrons. The molecule has 6 nitrogen and oxygen atoms in total. The zero-order chi connectivity index (χ0) is 20.5. The predicted octanol–water partition coefficient (Wildman–Crippen LogP) is 2.78. The van der Waals surface area contributed by atoms with E-state index in [4.69, 9.17) is 10.00 Å². The van der Waals surface area contributed by atoms with E-state index in [2.05, 4.69) is 17.9 Å². The van der Waals surface area contributed by atoms with Gasteiger partial charge in [-0.15, -0.1) is 0 Å². The highest BCUT2D eigenvalue weighted by molar-refractivity contribution is 5.50. The number of hydrogen-bond donors (Lipinski definition) is 3. The molecule has 152 valence electrons. The first-order valence-electron chi connectivity index (χ1n) is 10.1. The maximum absolute atomic E-state index is 10.4. The number of phenols is 2. The SMILES string of the molecule is CCc1cc(C#N)ccc1CO[C@H]1c2cc(O)cc(O)c2C[C@@H]1N1CC[C@@H](O)C1. The number of nitrogens with zero attached hydrogens (tertiary/aromatic N) is 2. The molecule has 1 fully saturated rings. The average Bonchev–Trinajstić information content (AvgIpc) is 3.29. The van der Waals surface area contributed by atoms with Gasteiger partial charge in [0.15, 0.2) is 0 Å². The van der Waals surface area contributed by atoms with E-state index in [9.17, 15) is 15.3 Å². The maximum Gasteiger partial charge on any atom is 0.122 e. The van der Waals surface area contributed by atoms with Crippen molar-refractivity contribution < 1.29 is 20.1 Å². The van der Waals surface area contributed by atoms with E-state index in [0.29, 0.717) is 25.1 Å². The first-order valence-corrected chi connectivity index (χ1v) is 10.1. The van der Waals surface area contributed by atoms with Gasteiger partial charge in [0.2, 0.25) is 0 Å². The Labute approximate surface area is 170 Å². The summed E-state index contributed by atoms with van der Waals surface area (Å²) >= 11 is 0. The van der Waals surface area contributed by atoms with Gasteiger partial charge in [-0.3, -0.25) is 4.90 Å². The molecule has 6 heteroatoms. The molecule has 0 aromatic heterocycles. The van der Waals surface area contributed by atoms with Crippen LogP contribution < -0.4 is 0 Å². The summed E-state index contributed by atoms with van der Waals surface area (Å²) in [5.41, 5.74) is 4.35. The van der Waals surface area contributed by atoms with E-state index >= 15 is 0 Å². The van der Waals surface area contributed by atoms with Crippen molar-refractivity contribution in [1.82, 2.24) is 4.90 Å². The number of aryl methyl sites for hydroxylation is 1. The van der Waals surface area contributed by atoms with Gasteiger partial charge in [0.25, 0.3) is 0 Å². The van der Waals surface area contributed by atoms with Crippen LogP contribution in [0.2, 0.25) is 0 Å². The van der Waals surface area contributed by atoms with E-state index in [-0.39, 0.29) is 29.7 Å². The lowest BCUT2D eigenvalue weighted by Gasteiger charge is -2.30. The summed E-state index contributed by atoms with van der Waals surface area (Å²) in [7, 11) is 0. The molecule has 0 bridgehead atoms. The number of nitriles is 1. The quantitative estimate of drug-likeness (QED) is 0.722. The number of β-amino-alcohol motifs (C(OH)–C–C–N with tert-alkyl or cyclic N) is 1. The molecule has 2 aromatic carbocycles. The Kier molecular flexibility index (Phi) is 5.46. The van der Waals surface area contributed by atoms with E-state index in [1.54, 1.807) is 12.1 Å². The standard InChI is InChI=1S/C23H26N2O4/c1-2-15-7-14(11-24)3-4-16(15)13-29-23-20-8-18(27)9-22(28)19(20)10-21(23)25-6-5-17(26)12-25/h3-4,7-9,17,21,23,26-28H,2,5-6,10,12-13H2,1H3/t17-,21+,23+/m1/s1. The Morgan fingerprint density at radius 3 is 2.72 bits per heavy atom. The van der Waals surface area contributed by atoms with Crippen molar-refractivity contribution in [2.24, 2.45) is 0 Å². The summed E-state index contributed by atoms with van der Waals surface area (Å²) in [5, 5.41) is 39.5. The van der Waals surface area contributed by atoms with Gasteiger partial charge >= 0.3 is 0 Å². The van der Waals surface area contributed by atoms with Gasteiger partial charge in [0, 0.05) is 30.8 Å². The maximum atomic E-state index is 10.4. The second kappa shape index (κ2) is 8.03. The molecule has 29 heavy (non-hydrogen) atoms. The number of aromatic hydroxyl groups is 2. The molecule has 1 heterocycles. The van der Waals surface area contributed by atoms with Crippen LogP contribution in [0.1, 0.15) is 47.3 Å². The monoisotopic (exact) mass is 394 g/mol. The molecule has 3 atom stereocenters. The molecule has 1 aliphatic carbocycles. The van der Waals surface area contributed by atoms with Crippen LogP contribution in [0.3, 0.4) is 0 Å². The van der Waals surface area contributed by atoms with Crippen molar-refractivity contribution in [2.45, 2.75) is 51.0 Å². The summed E-state index contributed by atoms with van der Waals surface area (Å²) in [6, 6.07) is 10.8. The van der Waals surface area contributed by atoms with Crippen LogP contribution in [-0.4, -0.2) is 45.5 Å². The lowest BCUT2D eigenvalue weighted by molar-refractivity contribution is -0.0138. The number of aliphatic hydroxyl groups excluding tert-OH is 1. The fourth-order valence-electron chi connectivity index (χ4n) is 4.60. The number of ether oxygens (including phenoxy) is 1. The minimum Gasteiger partial charge on any atom is -0.508 e. The molecule has 3 N–H and O–H groups in total. The highest BCUT2D eigenvalue weighted by Gasteiger charge is 2.41. The summed E-state index contributed by atoms with van der Waals surface area (Å²) < 4.78 is 6.37.